The molecule has 1 atom stereocenters. The Hall–Kier alpha value is -2.60. The van der Waals surface area contributed by atoms with Crippen molar-refractivity contribution < 1.29 is 4.79 Å². The van der Waals surface area contributed by atoms with Gasteiger partial charge in [-0.1, -0.05) is 67.1 Å². The zero-order valence-electron chi connectivity index (χ0n) is 16.5. The summed E-state index contributed by atoms with van der Waals surface area (Å²) in [6.07, 6.45) is 4.74. The number of rotatable bonds is 6. The largest absolute Gasteiger partial charge is 0.348 e. The molecule has 4 rings (SSSR count). The van der Waals surface area contributed by atoms with Crippen LogP contribution in [0.25, 0.3) is 10.9 Å². The van der Waals surface area contributed by atoms with Gasteiger partial charge >= 0.3 is 0 Å². The molecule has 150 valence electrons. The summed E-state index contributed by atoms with van der Waals surface area (Å²) in [5, 5.41) is 4.39. The molecule has 1 fully saturated rings. The molecule has 3 aromatic rings. The van der Waals surface area contributed by atoms with Gasteiger partial charge in [0.2, 0.25) is 5.91 Å². The first-order chi connectivity index (χ1) is 14.1. The van der Waals surface area contributed by atoms with Crippen molar-refractivity contribution >= 4 is 28.6 Å². The highest BCUT2D eigenvalue weighted by Gasteiger charge is 2.27. The third-order valence-corrected chi connectivity index (χ3v) is 6.65. The van der Waals surface area contributed by atoms with E-state index in [2.05, 4.69) is 22.4 Å². The van der Waals surface area contributed by atoms with Crippen LogP contribution in [-0.4, -0.2) is 21.2 Å². The van der Waals surface area contributed by atoms with Crippen molar-refractivity contribution in [1.29, 1.82) is 0 Å². The lowest BCUT2D eigenvalue weighted by Crippen LogP contribution is -2.34. The fourth-order valence-electron chi connectivity index (χ4n) is 4.10. The molecular weight excluding hydrogens is 382 g/mol. The van der Waals surface area contributed by atoms with E-state index in [4.69, 9.17) is 0 Å². The predicted molar refractivity (Wildman–Crippen MR) is 117 cm³/mol. The Balaban J connectivity index is 1.48. The molecule has 0 saturated heterocycles. The molecular formula is C23H25N3O2S. The van der Waals surface area contributed by atoms with Crippen molar-refractivity contribution in [2.24, 2.45) is 13.0 Å². The van der Waals surface area contributed by atoms with E-state index in [1.807, 2.05) is 36.4 Å². The highest BCUT2D eigenvalue weighted by Crippen LogP contribution is 2.35. The van der Waals surface area contributed by atoms with Crippen LogP contribution in [0.3, 0.4) is 0 Å². The number of thioether (sulfide) groups is 1. The topological polar surface area (TPSA) is 64.0 Å². The summed E-state index contributed by atoms with van der Waals surface area (Å²) in [6, 6.07) is 17.6. The third kappa shape index (κ3) is 4.37. The molecule has 1 aliphatic rings. The molecule has 6 heteroatoms. The summed E-state index contributed by atoms with van der Waals surface area (Å²) < 4.78 is 1.52. The molecule has 1 unspecified atom stereocenters. The summed E-state index contributed by atoms with van der Waals surface area (Å²) >= 11 is 1.30. The first kappa shape index (κ1) is 19.7. The molecule has 5 nitrogen and oxygen atoms in total. The summed E-state index contributed by atoms with van der Waals surface area (Å²) in [7, 11) is 1.70. The van der Waals surface area contributed by atoms with Crippen molar-refractivity contribution in [3.8, 4) is 0 Å². The first-order valence-electron chi connectivity index (χ1n) is 10.1. The molecule has 1 heterocycles. The quantitative estimate of drug-likeness (QED) is 0.494. The summed E-state index contributed by atoms with van der Waals surface area (Å²) in [4.78, 5) is 29.9. The maximum absolute atomic E-state index is 12.8. The average molecular weight is 408 g/mol. The van der Waals surface area contributed by atoms with Crippen LogP contribution in [0, 0.1) is 5.92 Å². The highest BCUT2D eigenvalue weighted by atomic mass is 32.2. The molecule has 0 radical (unpaired) electrons. The SMILES string of the molecule is Cn1c(SCC(=O)NC(c2ccccc2)C2CCCC2)nc2ccccc2c1=O. The van der Waals surface area contributed by atoms with Crippen molar-refractivity contribution in [3.63, 3.8) is 0 Å². The lowest BCUT2D eigenvalue weighted by atomic mass is 9.91. The molecule has 0 aliphatic heterocycles. The smallest absolute Gasteiger partial charge is 0.261 e. The van der Waals surface area contributed by atoms with Crippen molar-refractivity contribution in [2.75, 3.05) is 5.75 Å². The standard InChI is InChI=1S/C23H25N3O2S/c1-26-22(28)18-13-7-8-14-19(18)24-23(26)29-15-20(27)25-21(17-11-5-6-12-17)16-9-3-2-4-10-16/h2-4,7-10,13-14,17,21H,5-6,11-12,15H2,1H3,(H,25,27). The second kappa shape index (κ2) is 8.82. The molecule has 1 aliphatic carbocycles. The number of nitrogens with zero attached hydrogens (tertiary/aromatic N) is 2. The molecule has 1 N–H and O–H groups in total. The molecule has 1 amide bonds. The monoisotopic (exact) mass is 407 g/mol. The zero-order chi connectivity index (χ0) is 20.2. The van der Waals surface area contributed by atoms with Crippen LogP contribution in [0.5, 0.6) is 0 Å². The van der Waals surface area contributed by atoms with Gasteiger partial charge in [0.25, 0.3) is 5.56 Å². The van der Waals surface area contributed by atoms with E-state index >= 15 is 0 Å². The van der Waals surface area contributed by atoms with Gasteiger partial charge in [-0.2, -0.15) is 0 Å². The number of hydrogen-bond acceptors (Lipinski definition) is 4. The van der Waals surface area contributed by atoms with E-state index in [9.17, 15) is 9.59 Å². The summed E-state index contributed by atoms with van der Waals surface area (Å²) in [6.45, 7) is 0. The second-order valence-corrected chi connectivity index (χ2v) is 8.51. The Morgan fingerprint density at radius 2 is 1.83 bits per heavy atom. The number of para-hydroxylation sites is 1. The van der Waals surface area contributed by atoms with Gasteiger partial charge < -0.3 is 5.32 Å². The Bertz CT molecular complexity index is 1060. The molecule has 1 saturated carbocycles. The Morgan fingerprint density at radius 1 is 1.14 bits per heavy atom. The number of aromatic nitrogens is 2. The lowest BCUT2D eigenvalue weighted by Gasteiger charge is -2.25. The van der Waals surface area contributed by atoms with E-state index in [0.717, 1.165) is 18.4 Å². The number of benzene rings is 2. The van der Waals surface area contributed by atoms with Gasteiger partial charge in [-0.05, 0) is 36.5 Å². The second-order valence-electron chi connectivity index (χ2n) is 7.56. The minimum atomic E-state index is -0.0911. The van der Waals surface area contributed by atoms with E-state index in [1.165, 1.54) is 29.2 Å². The maximum atomic E-state index is 12.8. The van der Waals surface area contributed by atoms with Gasteiger partial charge in [-0.15, -0.1) is 0 Å². The van der Waals surface area contributed by atoms with Crippen LogP contribution in [0.4, 0.5) is 0 Å². The summed E-state index contributed by atoms with van der Waals surface area (Å²) in [5.41, 5.74) is 1.73. The molecule has 0 bridgehead atoms. The first-order valence-corrected chi connectivity index (χ1v) is 11.0. The zero-order valence-corrected chi connectivity index (χ0v) is 17.3. The van der Waals surface area contributed by atoms with Gasteiger partial charge in [-0.3, -0.25) is 14.2 Å². The Morgan fingerprint density at radius 3 is 2.59 bits per heavy atom. The number of carbonyl (C=O) groups excluding carboxylic acids is 1. The number of amides is 1. The normalized spacial score (nSPS) is 15.5. The molecule has 2 aromatic carbocycles. The minimum Gasteiger partial charge on any atom is -0.348 e. The Kier molecular flexibility index (Phi) is 6.00. The predicted octanol–water partition coefficient (Wildman–Crippen LogP) is 4.07. The van der Waals surface area contributed by atoms with Gasteiger partial charge in [0, 0.05) is 7.05 Å². The Labute approximate surface area is 174 Å². The highest BCUT2D eigenvalue weighted by molar-refractivity contribution is 7.99. The van der Waals surface area contributed by atoms with Crippen molar-refractivity contribution in [3.05, 3.63) is 70.5 Å². The van der Waals surface area contributed by atoms with E-state index < -0.39 is 0 Å². The minimum absolute atomic E-state index is 0.0295. The van der Waals surface area contributed by atoms with E-state index in [1.54, 1.807) is 13.1 Å². The maximum Gasteiger partial charge on any atom is 0.261 e. The van der Waals surface area contributed by atoms with Gasteiger partial charge in [0.05, 0.1) is 22.7 Å². The third-order valence-electron chi connectivity index (χ3n) is 5.62. The van der Waals surface area contributed by atoms with Gasteiger partial charge in [0.15, 0.2) is 5.16 Å². The number of carbonyl (C=O) groups is 1. The van der Waals surface area contributed by atoms with Crippen LogP contribution >= 0.6 is 11.8 Å². The van der Waals surface area contributed by atoms with Crippen LogP contribution in [0.2, 0.25) is 0 Å². The molecule has 1 aromatic heterocycles. The molecule has 29 heavy (non-hydrogen) atoms. The van der Waals surface area contributed by atoms with Crippen LogP contribution in [0.1, 0.15) is 37.3 Å². The molecule has 0 spiro atoms. The van der Waals surface area contributed by atoms with Gasteiger partial charge in [-0.25, -0.2) is 4.98 Å². The van der Waals surface area contributed by atoms with Crippen LogP contribution in [-0.2, 0) is 11.8 Å². The summed E-state index contributed by atoms with van der Waals surface area (Å²) in [5.74, 6) is 0.682. The number of hydrogen-bond donors (Lipinski definition) is 1. The van der Waals surface area contributed by atoms with Crippen LogP contribution in [0.15, 0.2) is 64.5 Å². The van der Waals surface area contributed by atoms with Gasteiger partial charge in [0.1, 0.15) is 0 Å². The van der Waals surface area contributed by atoms with Crippen molar-refractivity contribution in [2.45, 2.75) is 36.9 Å². The fourth-order valence-corrected chi connectivity index (χ4v) is 4.88. The number of nitrogens with one attached hydrogen (secondary N) is 1. The average Bonchev–Trinajstić information content (AvgIpc) is 3.29. The number of fused-ring (bicyclic) bond motifs is 1. The fraction of sp³-hybridized carbons (Fsp3) is 0.348. The van der Waals surface area contributed by atoms with E-state index in [0.29, 0.717) is 22.0 Å². The lowest BCUT2D eigenvalue weighted by molar-refractivity contribution is -0.119. The van der Waals surface area contributed by atoms with Crippen molar-refractivity contribution in [1.82, 2.24) is 14.9 Å². The van der Waals surface area contributed by atoms with E-state index in [-0.39, 0.29) is 23.3 Å². The van der Waals surface area contributed by atoms with Crippen LogP contribution < -0.4 is 10.9 Å².